The van der Waals surface area contributed by atoms with Crippen LogP contribution in [0.15, 0.2) is 132 Å². The summed E-state index contributed by atoms with van der Waals surface area (Å²) >= 11 is 0. The predicted molar refractivity (Wildman–Crippen MR) is 168 cm³/mol. The molecule has 0 amide bonds. The highest BCUT2D eigenvalue weighted by Gasteiger charge is 2.17. The van der Waals surface area contributed by atoms with Crippen molar-refractivity contribution in [2.45, 2.75) is 6.92 Å². The molecule has 0 aliphatic rings. The lowest BCUT2D eigenvalue weighted by Gasteiger charge is -2.10. The number of hydrogen-bond acceptors (Lipinski definition) is 2. The summed E-state index contributed by atoms with van der Waals surface area (Å²) < 4.78 is 9.00. The van der Waals surface area contributed by atoms with Gasteiger partial charge in [0.15, 0.2) is 0 Å². The van der Waals surface area contributed by atoms with Gasteiger partial charge in [0.2, 0.25) is 0 Å². The van der Waals surface area contributed by atoms with E-state index in [0.29, 0.717) is 5.56 Å². The van der Waals surface area contributed by atoms with Crippen LogP contribution in [0, 0.1) is 18.3 Å². The Labute approximate surface area is 237 Å². The first-order chi connectivity index (χ1) is 20.2. The van der Waals surface area contributed by atoms with Gasteiger partial charge in [0.05, 0.1) is 22.7 Å². The molecule has 3 heteroatoms. The molecule has 8 aromatic rings. The first kappa shape index (κ1) is 23.3. The van der Waals surface area contributed by atoms with Gasteiger partial charge in [-0.1, -0.05) is 96.6 Å². The first-order valence-corrected chi connectivity index (χ1v) is 13.7. The van der Waals surface area contributed by atoms with Crippen molar-refractivity contribution >= 4 is 43.7 Å². The highest BCUT2D eigenvalue weighted by molar-refractivity contribution is 6.13. The lowest BCUT2D eigenvalue weighted by atomic mass is 9.99. The fraction of sp³-hybridized carbons (Fsp3) is 0.0263. The molecule has 41 heavy (non-hydrogen) atoms. The Morgan fingerprint density at radius 1 is 0.561 bits per heavy atom. The summed E-state index contributed by atoms with van der Waals surface area (Å²) in [7, 11) is 0. The molecular weight excluding hydrogens is 500 g/mol. The molecule has 2 heterocycles. The van der Waals surface area contributed by atoms with Gasteiger partial charge in [0.1, 0.15) is 11.2 Å². The Kier molecular flexibility index (Phi) is 5.10. The van der Waals surface area contributed by atoms with E-state index in [0.717, 1.165) is 71.7 Å². The monoisotopic (exact) mass is 524 g/mol. The zero-order valence-electron chi connectivity index (χ0n) is 22.4. The Morgan fingerprint density at radius 3 is 1.93 bits per heavy atom. The van der Waals surface area contributed by atoms with Gasteiger partial charge >= 0.3 is 0 Å². The summed E-state index contributed by atoms with van der Waals surface area (Å²) in [5.74, 6) is 0. The first-order valence-electron chi connectivity index (χ1n) is 13.7. The molecule has 0 aliphatic heterocycles. The molecule has 0 aliphatic carbocycles. The van der Waals surface area contributed by atoms with Gasteiger partial charge in [-0.25, -0.2) is 0 Å². The number of rotatable bonds is 3. The fourth-order valence-electron chi connectivity index (χ4n) is 6.22. The molecular formula is C38H24N2O. The van der Waals surface area contributed by atoms with Crippen LogP contribution in [-0.4, -0.2) is 4.57 Å². The Morgan fingerprint density at radius 2 is 1.20 bits per heavy atom. The molecule has 0 saturated carbocycles. The molecule has 0 atom stereocenters. The molecule has 0 fully saturated rings. The quantitative estimate of drug-likeness (QED) is 0.231. The minimum atomic E-state index is 0.663. The van der Waals surface area contributed by atoms with Gasteiger partial charge in [-0.05, 0) is 54.4 Å². The van der Waals surface area contributed by atoms with Gasteiger partial charge in [0, 0.05) is 38.4 Å². The third-order valence-electron chi connectivity index (χ3n) is 8.07. The predicted octanol–water partition coefficient (Wildman–Crippen LogP) is 10.2. The highest BCUT2D eigenvalue weighted by Crippen LogP contribution is 2.41. The molecule has 6 aromatic carbocycles. The smallest absolute Gasteiger partial charge is 0.143 e. The van der Waals surface area contributed by atoms with Crippen molar-refractivity contribution in [1.29, 1.82) is 5.26 Å². The zero-order chi connectivity index (χ0) is 27.5. The van der Waals surface area contributed by atoms with Gasteiger partial charge in [-0.3, -0.25) is 0 Å². The summed E-state index contributed by atoms with van der Waals surface area (Å²) in [6.07, 6.45) is 0. The second kappa shape index (κ2) is 8.98. The van der Waals surface area contributed by atoms with Crippen molar-refractivity contribution in [3.8, 4) is 34.0 Å². The van der Waals surface area contributed by atoms with E-state index in [-0.39, 0.29) is 0 Å². The standard InChI is InChI=1S/C38H24N2O/c1-24-8-4-9-26(20-24)29-13-6-15-32-33-16-7-14-30(38(33)41-37(29)32)27-10-5-11-28(22-27)40-35-17-3-2-12-31(35)34-21-25(23-39)18-19-36(34)40/h2-22H,1H3. The van der Waals surface area contributed by atoms with Crippen LogP contribution in [0.3, 0.4) is 0 Å². The number of nitrogens with zero attached hydrogens (tertiary/aromatic N) is 2. The maximum atomic E-state index is 9.52. The molecule has 0 saturated heterocycles. The number of nitriles is 1. The number of furan rings is 1. The number of aryl methyl sites for hydroxylation is 1. The third-order valence-corrected chi connectivity index (χ3v) is 8.07. The van der Waals surface area contributed by atoms with Crippen molar-refractivity contribution in [1.82, 2.24) is 4.57 Å². The highest BCUT2D eigenvalue weighted by atomic mass is 16.3. The molecule has 0 spiro atoms. The molecule has 0 bridgehead atoms. The van der Waals surface area contributed by atoms with E-state index in [4.69, 9.17) is 4.42 Å². The number of aromatic nitrogens is 1. The Bertz CT molecular complexity index is 2350. The third kappa shape index (κ3) is 3.58. The van der Waals surface area contributed by atoms with Gasteiger partial charge in [0.25, 0.3) is 0 Å². The maximum absolute atomic E-state index is 9.52. The molecule has 0 unspecified atom stereocenters. The van der Waals surface area contributed by atoms with Crippen molar-refractivity contribution in [3.05, 3.63) is 139 Å². The van der Waals surface area contributed by atoms with Crippen LogP contribution in [0.1, 0.15) is 11.1 Å². The van der Waals surface area contributed by atoms with Crippen LogP contribution >= 0.6 is 0 Å². The van der Waals surface area contributed by atoms with Gasteiger partial charge < -0.3 is 8.98 Å². The lowest BCUT2D eigenvalue weighted by Crippen LogP contribution is -1.94. The van der Waals surface area contributed by atoms with E-state index < -0.39 is 0 Å². The van der Waals surface area contributed by atoms with Crippen LogP contribution < -0.4 is 0 Å². The van der Waals surface area contributed by atoms with E-state index in [1.807, 2.05) is 18.2 Å². The van der Waals surface area contributed by atoms with Crippen LogP contribution in [0.5, 0.6) is 0 Å². The second-order valence-corrected chi connectivity index (χ2v) is 10.6. The van der Waals surface area contributed by atoms with Crippen LogP contribution in [0.2, 0.25) is 0 Å². The number of benzene rings is 6. The zero-order valence-corrected chi connectivity index (χ0v) is 22.4. The molecule has 3 nitrogen and oxygen atoms in total. The van der Waals surface area contributed by atoms with E-state index in [1.54, 1.807) is 0 Å². The van der Waals surface area contributed by atoms with E-state index >= 15 is 0 Å². The van der Waals surface area contributed by atoms with E-state index in [1.165, 1.54) is 5.56 Å². The molecule has 0 N–H and O–H groups in total. The average molecular weight is 525 g/mol. The maximum Gasteiger partial charge on any atom is 0.143 e. The van der Waals surface area contributed by atoms with Gasteiger partial charge in [-0.2, -0.15) is 5.26 Å². The van der Waals surface area contributed by atoms with E-state index in [2.05, 4.69) is 127 Å². The summed E-state index contributed by atoms with van der Waals surface area (Å²) in [4.78, 5) is 0. The summed E-state index contributed by atoms with van der Waals surface area (Å²) in [6.45, 7) is 2.12. The molecule has 0 radical (unpaired) electrons. The van der Waals surface area contributed by atoms with Gasteiger partial charge in [-0.15, -0.1) is 0 Å². The second-order valence-electron chi connectivity index (χ2n) is 10.6. The Hall–Kier alpha value is -5.59. The summed E-state index contributed by atoms with van der Waals surface area (Å²) in [5, 5.41) is 14.0. The van der Waals surface area contributed by atoms with Crippen LogP contribution in [0.25, 0.3) is 71.7 Å². The number of fused-ring (bicyclic) bond motifs is 6. The molecule has 192 valence electrons. The van der Waals surface area contributed by atoms with Crippen LogP contribution in [0.4, 0.5) is 0 Å². The summed E-state index contributed by atoms with van der Waals surface area (Å²) in [6, 6.07) is 46.6. The summed E-state index contributed by atoms with van der Waals surface area (Å²) in [5.41, 5.74) is 11.3. The Balaban J connectivity index is 1.35. The lowest BCUT2D eigenvalue weighted by molar-refractivity contribution is 0.671. The minimum Gasteiger partial charge on any atom is -0.455 e. The SMILES string of the molecule is Cc1cccc(-c2cccc3c2oc2c(-c4cccc(-n5c6ccccc6c6cc(C#N)ccc65)c4)cccc23)c1. The normalized spacial score (nSPS) is 11.5. The average Bonchev–Trinajstić information content (AvgIpc) is 3.56. The largest absolute Gasteiger partial charge is 0.455 e. The van der Waals surface area contributed by atoms with Crippen molar-refractivity contribution in [2.75, 3.05) is 0 Å². The van der Waals surface area contributed by atoms with Crippen molar-refractivity contribution < 1.29 is 4.42 Å². The van der Waals surface area contributed by atoms with Crippen molar-refractivity contribution in [3.63, 3.8) is 0 Å². The topological polar surface area (TPSA) is 41.9 Å². The minimum absolute atomic E-state index is 0.663. The molecule has 8 rings (SSSR count). The van der Waals surface area contributed by atoms with E-state index in [9.17, 15) is 5.26 Å². The number of para-hydroxylation sites is 3. The number of hydrogen-bond donors (Lipinski definition) is 0. The molecule has 2 aromatic heterocycles. The fourth-order valence-corrected chi connectivity index (χ4v) is 6.22. The van der Waals surface area contributed by atoms with Crippen LogP contribution in [-0.2, 0) is 0 Å². The van der Waals surface area contributed by atoms with Crippen molar-refractivity contribution in [2.24, 2.45) is 0 Å².